The normalized spacial score (nSPS) is 11.3. The smallest absolute Gasteiger partial charge is 0.0406 e. The van der Waals surface area contributed by atoms with Gasteiger partial charge < -0.3 is 11.1 Å². The Bertz CT molecular complexity index is 321. The number of hydrogen-bond acceptors (Lipinski definition) is 2. The Balaban J connectivity index is 3.37. The van der Waals surface area contributed by atoms with Crippen LogP contribution in [0.4, 0.5) is 5.69 Å². The van der Waals surface area contributed by atoms with Crippen LogP contribution < -0.4 is 5.73 Å². The van der Waals surface area contributed by atoms with Crippen molar-refractivity contribution in [1.82, 2.24) is 0 Å². The summed E-state index contributed by atoms with van der Waals surface area (Å²) in [4.78, 5) is 0. The number of anilines is 1. The molecule has 0 bridgehead atoms. The molecule has 0 spiro atoms. The van der Waals surface area contributed by atoms with Gasteiger partial charge in [0.15, 0.2) is 0 Å². The van der Waals surface area contributed by atoms with Gasteiger partial charge in [0.05, 0.1) is 0 Å². The minimum absolute atomic E-state index is 0.0439. The van der Waals surface area contributed by atoms with Crippen LogP contribution in [0, 0.1) is 5.41 Å². The van der Waals surface area contributed by atoms with Crippen molar-refractivity contribution in [1.29, 1.82) is 5.41 Å². The van der Waals surface area contributed by atoms with Crippen molar-refractivity contribution in [3.8, 4) is 0 Å². The van der Waals surface area contributed by atoms with Crippen molar-refractivity contribution in [2.75, 3.05) is 5.73 Å². The first kappa shape index (κ1) is 9.78. The van der Waals surface area contributed by atoms with Gasteiger partial charge in [0.2, 0.25) is 0 Å². The zero-order valence-electron chi connectivity index (χ0n) is 8.39. The van der Waals surface area contributed by atoms with E-state index < -0.39 is 0 Å². The molecule has 0 aromatic heterocycles. The molecule has 0 saturated carbocycles. The molecule has 1 aromatic rings. The molecule has 2 heteroatoms. The SMILES string of the molecule is CC(C)(C)c1cccc(N)c1C=N. The van der Waals surface area contributed by atoms with Gasteiger partial charge in [-0.15, -0.1) is 0 Å². The van der Waals surface area contributed by atoms with Gasteiger partial charge in [0, 0.05) is 17.5 Å². The molecule has 0 amide bonds. The van der Waals surface area contributed by atoms with E-state index in [2.05, 4.69) is 20.8 Å². The van der Waals surface area contributed by atoms with Crippen molar-refractivity contribution in [3.05, 3.63) is 29.3 Å². The van der Waals surface area contributed by atoms with E-state index in [0.29, 0.717) is 5.69 Å². The lowest BCUT2D eigenvalue weighted by atomic mass is 9.83. The maximum absolute atomic E-state index is 7.30. The van der Waals surface area contributed by atoms with E-state index in [0.717, 1.165) is 11.1 Å². The van der Waals surface area contributed by atoms with E-state index in [4.69, 9.17) is 11.1 Å². The molecule has 1 rings (SSSR count). The zero-order chi connectivity index (χ0) is 10.1. The Kier molecular flexibility index (Phi) is 2.41. The molecule has 0 unspecified atom stereocenters. The van der Waals surface area contributed by atoms with Crippen LogP contribution in [-0.2, 0) is 5.41 Å². The van der Waals surface area contributed by atoms with Crippen molar-refractivity contribution < 1.29 is 0 Å². The number of benzene rings is 1. The summed E-state index contributed by atoms with van der Waals surface area (Å²) in [7, 11) is 0. The standard InChI is InChI=1S/C11H16N2/c1-11(2,3)9-5-4-6-10(13)8(9)7-12/h4-7,12H,13H2,1-3H3. The van der Waals surface area contributed by atoms with Gasteiger partial charge in [0.25, 0.3) is 0 Å². The highest BCUT2D eigenvalue weighted by atomic mass is 14.6. The second kappa shape index (κ2) is 3.21. The first-order valence-electron chi connectivity index (χ1n) is 4.36. The summed E-state index contributed by atoms with van der Waals surface area (Å²) in [5, 5.41) is 7.30. The van der Waals surface area contributed by atoms with E-state index >= 15 is 0 Å². The molecular weight excluding hydrogens is 160 g/mol. The predicted octanol–water partition coefficient (Wildman–Crippen LogP) is 2.56. The van der Waals surface area contributed by atoms with Gasteiger partial charge in [-0.05, 0) is 17.0 Å². The minimum atomic E-state index is 0.0439. The lowest BCUT2D eigenvalue weighted by Crippen LogP contribution is -2.15. The third-order valence-electron chi connectivity index (χ3n) is 2.09. The summed E-state index contributed by atoms with van der Waals surface area (Å²) in [6.45, 7) is 6.36. The Labute approximate surface area is 79.3 Å². The topological polar surface area (TPSA) is 49.9 Å². The number of nitrogens with two attached hydrogens (primary N) is 1. The molecule has 13 heavy (non-hydrogen) atoms. The van der Waals surface area contributed by atoms with Crippen molar-refractivity contribution >= 4 is 11.9 Å². The third-order valence-corrected chi connectivity index (χ3v) is 2.09. The average molecular weight is 176 g/mol. The van der Waals surface area contributed by atoms with Crippen molar-refractivity contribution in [3.63, 3.8) is 0 Å². The summed E-state index contributed by atoms with van der Waals surface area (Å²) in [6.07, 6.45) is 1.33. The highest BCUT2D eigenvalue weighted by Gasteiger charge is 2.17. The first-order valence-corrected chi connectivity index (χ1v) is 4.36. The molecule has 0 saturated heterocycles. The highest BCUT2D eigenvalue weighted by molar-refractivity contribution is 5.87. The summed E-state index contributed by atoms with van der Waals surface area (Å²) < 4.78 is 0. The summed E-state index contributed by atoms with van der Waals surface area (Å²) >= 11 is 0. The molecule has 0 aliphatic carbocycles. The fraction of sp³-hybridized carbons (Fsp3) is 0.364. The third kappa shape index (κ3) is 1.89. The Morgan fingerprint density at radius 3 is 2.31 bits per heavy atom. The predicted molar refractivity (Wildman–Crippen MR) is 57.4 cm³/mol. The molecule has 0 fully saturated rings. The second-order valence-electron chi connectivity index (χ2n) is 4.20. The van der Waals surface area contributed by atoms with E-state index in [1.165, 1.54) is 6.21 Å². The number of rotatable bonds is 1. The van der Waals surface area contributed by atoms with Crippen molar-refractivity contribution in [2.45, 2.75) is 26.2 Å². The van der Waals surface area contributed by atoms with Crippen LogP contribution in [0.5, 0.6) is 0 Å². The van der Waals surface area contributed by atoms with Crippen LogP contribution >= 0.6 is 0 Å². The van der Waals surface area contributed by atoms with Crippen LogP contribution in [0.25, 0.3) is 0 Å². The quantitative estimate of drug-likeness (QED) is 0.501. The fourth-order valence-electron chi connectivity index (χ4n) is 1.40. The zero-order valence-corrected chi connectivity index (χ0v) is 8.39. The van der Waals surface area contributed by atoms with Gasteiger partial charge in [-0.1, -0.05) is 32.9 Å². The van der Waals surface area contributed by atoms with E-state index in [9.17, 15) is 0 Å². The maximum atomic E-state index is 7.30. The molecular formula is C11H16N2. The van der Waals surface area contributed by atoms with Gasteiger partial charge in [-0.3, -0.25) is 0 Å². The summed E-state index contributed by atoms with van der Waals surface area (Å²) in [5.74, 6) is 0. The largest absolute Gasteiger partial charge is 0.398 e. The number of nitrogens with one attached hydrogen (secondary N) is 1. The van der Waals surface area contributed by atoms with Crippen LogP contribution in [0.2, 0.25) is 0 Å². The molecule has 0 heterocycles. The number of nitrogen functional groups attached to an aromatic ring is 1. The van der Waals surface area contributed by atoms with E-state index in [-0.39, 0.29) is 5.41 Å². The molecule has 1 aromatic carbocycles. The lowest BCUT2D eigenvalue weighted by Gasteiger charge is -2.22. The second-order valence-corrected chi connectivity index (χ2v) is 4.20. The van der Waals surface area contributed by atoms with Crippen LogP contribution in [0.1, 0.15) is 31.9 Å². The Morgan fingerprint density at radius 1 is 1.31 bits per heavy atom. The first-order chi connectivity index (χ1) is 5.96. The molecule has 3 N–H and O–H groups in total. The molecule has 2 nitrogen and oxygen atoms in total. The van der Waals surface area contributed by atoms with Crippen LogP contribution in [0.15, 0.2) is 18.2 Å². The van der Waals surface area contributed by atoms with Crippen LogP contribution in [-0.4, -0.2) is 6.21 Å². The number of hydrogen-bond donors (Lipinski definition) is 2. The maximum Gasteiger partial charge on any atom is 0.0406 e. The van der Waals surface area contributed by atoms with Gasteiger partial charge >= 0.3 is 0 Å². The van der Waals surface area contributed by atoms with Gasteiger partial charge in [-0.2, -0.15) is 0 Å². The summed E-state index contributed by atoms with van der Waals surface area (Å²) in [5.41, 5.74) is 8.47. The molecule has 0 aliphatic rings. The highest BCUT2D eigenvalue weighted by Crippen LogP contribution is 2.27. The fourth-order valence-corrected chi connectivity index (χ4v) is 1.40. The lowest BCUT2D eigenvalue weighted by molar-refractivity contribution is 0.589. The Morgan fingerprint density at radius 2 is 1.92 bits per heavy atom. The molecule has 70 valence electrons. The Hall–Kier alpha value is -1.31. The summed E-state index contributed by atoms with van der Waals surface area (Å²) in [6, 6.07) is 5.79. The van der Waals surface area contributed by atoms with E-state index in [1.807, 2.05) is 18.2 Å². The van der Waals surface area contributed by atoms with Crippen molar-refractivity contribution in [2.24, 2.45) is 0 Å². The minimum Gasteiger partial charge on any atom is -0.398 e. The average Bonchev–Trinajstić information content (AvgIpc) is 2.02. The van der Waals surface area contributed by atoms with Gasteiger partial charge in [-0.25, -0.2) is 0 Å². The molecule has 0 atom stereocenters. The molecule has 0 radical (unpaired) electrons. The van der Waals surface area contributed by atoms with Gasteiger partial charge in [0.1, 0.15) is 0 Å². The van der Waals surface area contributed by atoms with E-state index in [1.54, 1.807) is 0 Å². The monoisotopic (exact) mass is 176 g/mol. The van der Waals surface area contributed by atoms with Crippen LogP contribution in [0.3, 0.4) is 0 Å². The molecule has 0 aliphatic heterocycles.